The number of hydrogen-bond acceptors (Lipinski definition) is 5. The molecule has 3 aliphatic rings. The van der Waals surface area contributed by atoms with Gasteiger partial charge >= 0.3 is 11.9 Å². The lowest BCUT2D eigenvalue weighted by Crippen LogP contribution is -2.40. The van der Waals surface area contributed by atoms with Gasteiger partial charge < -0.3 is 24.7 Å². The van der Waals surface area contributed by atoms with Crippen LogP contribution >= 0.6 is 0 Å². The van der Waals surface area contributed by atoms with Gasteiger partial charge in [-0.2, -0.15) is 0 Å². The summed E-state index contributed by atoms with van der Waals surface area (Å²) in [6.07, 6.45) is 0.0431. The van der Waals surface area contributed by atoms with Crippen molar-refractivity contribution in [3.05, 3.63) is 35.4 Å². The zero-order valence-corrected chi connectivity index (χ0v) is 15.1. The van der Waals surface area contributed by atoms with E-state index in [-0.39, 0.29) is 25.4 Å². The quantitative estimate of drug-likeness (QED) is 0.753. The van der Waals surface area contributed by atoms with Gasteiger partial charge in [0.25, 0.3) is 11.8 Å². The van der Waals surface area contributed by atoms with Gasteiger partial charge in [-0.15, -0.1) is 0 Å². The molecule has 0 spiro atoms. The van der Waals surface area contributed by atoms with Crippen LogP contribution in [0.4, 0.5) is 0 Å². The average Bonchev–Trinajstić information content (AvgIpc) is 3.25. The summed E-state index contributed by atoms with van der Waals surface area (Å²) in [6.45, 7) is 1.77. The summed E-state index contributed by atoms with van der Waals surface area (Å²) < 4.78 is 5.23. The van der Waals surface area contributed by atoms with Crippen LogP contribution in [0.25, 0.3) is 0 Å². The molecule has 1 aromatic rings. The molecule has 1 aliphatic carbocycles. The summed E-state index contributed by atoms with van der Waals surface area (Å²) in [5.41, 5.74) is -2.06. The van der Waals surface area contributed by atoms with E-state index in [1.54, 1.807) is 17.0 Å². The van der Waals surface area contributed by atoms with Gasteiger partial charge in [0.05, 0.1) is 13.2 Å². The third-order valence-electron chi connectivity index (χ3n) is 6.10. The maximum atomic E-state index is 12.8. The highest BCUT2D eigenvalue weighted by atomic mass is 16.5. The van der Waals surface area contributed by atoms with E-state index in [2.05, 4.69) is 0 Å². The van der Waals surface area contributed by atoms with Crippen molar-refractivity contribution in [3.63, 3.8) is 0 Å². The number of nitrogens with zero attached hydrogens (tertiary/aromatic N) is 2. The van der Waals surface area contributed by atoms with Crippen molar-refractivity contribution in [1.82, 2.24) is 9.80 Å². The van der Waals surface area contributed by atoms with Gasteiger partial charge in [-0.1, -0.05) is 0 Å². The number of aliphatic carboxylic acids is 2. The Bertz CT molecular complexity index is 834. The molecular weight excluding hydrogens is 368 g/mol. The van der Waals surface area contributed by atoms with E-state index in [0.717, 1.165) is 0 Å². The molecule has 2 amide bonds. The second-order valence-corrected chi connectivity index (χ2v) is 7.59. The first-order valence-corrected chi connectivity index (χ1v) is 9.04. The lowest BCUT2D eigenvalue weighted by atomic mass is 9.97. The van der Waals surface area contributed by atoms with Gasteiger partial charge in [0, 0.05) is 37.3 Å². The molecule has 2 aliphatic heterocycles. The molecule has 9 nitrogen and oxygen atoms in total. The van der Waals surface area contributed by atoms with E-state index in [1.165, 1.54) is 17.0 Å². The van der Waals surface area contributed by atoms with Gasteiger partial charge in [0.2, 0.25) is 0 Å². The van der Waals surface area contributed by atoms with E-state index in [1.807, 2.05) is 0 Å². The zero-order chi connectivity index (χ0) is 20.1. The number of rotatable bonds is 4. The molecule has 148 valence electrons. The molecule has 3 fully saturated rings. The number of likely N-dealkylation sites (tertiary alicyclic amines) is 1. The van der Waals surface area contributed by atoms with Crippen molar-refractivity contribution in [1.29, 1.82) is 0 Å². The second kappa shape index (κ2) is 6.30. The van der Waals surface area contributed by atoms with Crippen LogP contribution in [-0.2, 0) is 14.3 Å². The Morgan fingerprint density at radius 1 is 0.786 bits per heavy atom. The number of fused-ring (bicyclic) bond motifs is 1. The Morgan fingerprint density at radius 3 is 1.64 bits per heavy atom. The fraction of sp³-hybridized carbons (Fsp3) is 0.474. The lowest BCUT2D eigenvalue weighted by molar-refractivity contribution is -0.151. The minimum absolute atomic E-state index is 0.0431. The Labute approximate surface area is 160 Å². The molecule has 2 heterocycles. The molecular formula is C19H20N2O7. The summed E-state index contributed by atoms with van der Waals surface area (Å²) in [5.74, 6) is -2.94. The smallest absolute Gasteiger partial charge is 0.312 e. The number of carboxylic acids is 2. The summed E-state index contributed by atoms with van der Waals surface area (Å²) in [5, 5.41) is 18.9. The van der Waals surface area contributed by atoms with E-state index < -0.39 is 28.7 Å². The zero-order valence-electron chi connectivity index (χ0n) is 15.1. The number of ether oxygens (including phenoxy) is 1. The van der Waals surface area contributed by atoms with Gasteiger partial charge in [-0.3, -0.25) is 19.2 Å². The van der Waals surface area contributed by atoms with Crippen LogP contribution in [0.2, 0.25) is 0 Å². The average molecular weight is 388 g/mol. The number of carboxylic acid groups (broad SMARTS) is 2. The Balaban J connectivity index is 1.48. The van der Waals surface area contributed by atoms with Gasteiger partial charge in [0.1, 0.15) is 10.8 Å². The van der Waals surface area contributed by atoms with Crippen molar-refractivity contribution < 1.29 is 34.1 Å². The Morgan fingerprint density at radius 2 is 1.21 bits per heavy atom. The van der Waals surface area contributed by atoms with Gasteiger partial charge in [0.15, 0.2) is 0 Å². The largest absolute Gasteiger partial charge is 0.481 e. The SMILES string of the molecule is O=C(c1ccc(C(=O)N2C[C@@]3(C(=O)O)C[C@@]3(C(=O)O)C2)cc1)N1CCOCC1. The monoisotopic (exact) mass is 388 g/mol. The van der Waals surface area contributed by atoms with Crippen LogP contribution in [0.15, 0.2) is 24.3 Å². The minimum atomic E-state index is -1.40. The summed E-state index contributed by atoms with van der Waals surface area (Å²) in [7, 11) is 0. The van der Waals surface area contributed by atoms with E-state index >= 15 is 0 Å². The van der Waals surface area contributed by atoms with Crippen LogP contribution in [0.5, 0.6) is 0 Å². The Hall–Kier alpha value is -2.94. The third kappa shape index (κ3) is 2.57. The topological polar surface area (TPSA) is 124 Å². The normalized spacial score (nSPS) is 28.6. The molecule has 2 N–H and O–H groups in total. The maximum absolute atomic E-state index is 12.8. The molecule has 0 bridgehead atoms. The number of benzene rings is 1. The summed E-state index contributed by atoms with van der Waals surface area (Å²) in [6, 6.07) is 6.14. The first-order valence-electron chi connectivity index (χ1n) is 9.04. The van der Waals surface area contributed by atoms with Crippen LogP contribution in [0.1, 0.15) is 27.1 Å². The molecule has 2 atom stereocenters. The van der Waals surface area contributed by atoms with Crippen molar-refractivity contribution in [2.24, 2.45) is 10.8 Å². The first-order chi connectivity index (χ1) is 13.3. The molecule has 4 rings (SSSR count). The number of hydrogen-bond donors (Lipinski definition) is 2. The highest BCUT2D eigenvalue weighted by molar-refractivity contribution is 6.01. The molecule has 2 saturated heterocycles. The third-order valence-corrected chi connectivity index (χ3v) is 6.10. The highest BCUT2D eigenvalue weighted by Gasteiger charge is 2.81. The number of piperidine rings is 1. The Kier molecular flexibility index (Phi) is 4.15. The van der Waals surface area contributed by atoms with Crippen LogP contribution in [0, 0.1) is 10.8 Å². The van der Waals surface area contributed by atoms with Crippen molar-refractivity contribution in [2.75, 3.05) is 39.4 Å². The number of morpholine rings is 1. The highest BCUT2D eigenvalue weighted by Crippen LogP contribution is 2.68. The molecule has 0 unspecified atom stereocenters. The lowest BCUT2D eigenvalue weighted by Gasteiger charge is -2.27. The molecule has 0 aromatic heterocycles. The van der Waals surface area contributed by atoms with Crippen LogP contribution in [-0.4, -0.2) is 83.2 Å². The van der Waals surface area contributed by atoms with Gasteiger partial charge in [-0.25, -0.2) is 0 Å². The molecule has 0 radical (unpaired) electrons. The van der Waals surface area contributed by atoms with Crippen molar-refractivity contribution in [2.45, 2.75) is 6.42 Å². The molecule has 1 saturated carbocycles. The molecule has 28 heavy (non-hydrogen) atoms. The van der Waals surface area contributed by atoms with E-state index in [4.69, 9.17) is 4.74 Å². The molecule has 1 aromatic carbocycles. The fourth-order valence-corrected chi connectivity index (χ4v) is 4.32. The molecule has 9 heteroatoms. The van der Waals surface area contributed by atoms with E-state index in [0.29, 0.717) is 37.4 Å². The number of carbonyl (C=O) groups is 4. The van der Waals surface area contributed by atoms with Crippen LogP contribution in [0.3, 0.4) is 0 Å². The van der Waals surface area contributed by atoms with Crippen molar-refractivity contribution >= 4 is 23.8 Å². The maximum Gasteiger partial charge on any atom is 0.312 e. The fourth-order valence-electron chi connectivity index (χ4n) is 4.32. The van der Waals surface area contributed by atoms with Crippen molar-refractivity contribution in [3.8, 4) is 0 Å². The predicted molar refractivity (Wildman–Crippen MR) is 93.8 cm³/mol. The first kappa shape index (κ1) is 18.4. The van der Waals surface area contributed by atoms with Gasteiger partial charge in [-0.05, 0) is 30.7 Å². The van der Waals surface area contributed by atoms with Crippen LogP contribution < -0.4 is 0 Å². The standard InChI is InChI=1S/C19H20N2O7/c22-14(20-5-7-28-8-6-20)12-1-3-13(4-2-12)15(23)21-10-18(16(24)25)9-19(18,11-21)17(26)27/h1-4H,5-11H2,(H,24,25)(H,26,27)/t18-,19+. The van der Waals surface area contributed by atoms with E-state index in [9.17, 15) is 29.4 Å². The minimum Gasteiger partial charge on any atom is -0.481 e. The summed E-state index contributed by atoms with van der Waals surface area (Å²) >= 11 is 0. The number of amides is 2. The summed E-state index contributed by atoms with van der Waals surface area (Å²) in [4.78, 5) is 51.4. The second-order valence-electron chi connectivity index (χ2n) is 7.59. The number of carbonyl (C=O) groups excluding carboxylic acids is 2. The predicted octanol–water partition coefficient (Wildman–Crippen LogP) is 0.161.